The van der Waals surface area contributed by atoms with Crippen LogP contribution in [0.4, 0.5) is 4.79 Å². The number of nitrogens with zero attached hydrogens (tertiary/aromatic N) is 1. The van der Waals surface area contributed by atoms with Crippen LogP contribution in [0.5, 0.6) is 0 Å². The Bertz CT molecular complexity index is 925. The summed E-state index contributed by atoms with van der Waals surface area (Å²) in [4.78, 5) is 53.3. The molecule has 206 valence electrons. The fraction of sp³-hybridized carbons (Fsp3) is 0.571. The summed E-state index contributed by atoms with van der Waals surface area (Å²) in [5.41, 5.74) is 6.02. The number of amides is 4. The predicted molar refractivity (Wildman–Crippen MR) is 145 cm³/mol. The van der Waals surface area contributed by atoms with Gasteiger partial charge in [0.2, 0.25) is 17.7 Å². The lowest BCUT2D eigenvalue weighted by atomic mass is 9.99. The molecule has 2 unspecified atom stereocenters. The third-order valence-corrected chi connectivity index (χ3v) is 5.53. The van der Waals surface area contributed by atoms with Crippen LogP contribution in [0.2, 0.25) is 0 Å². The van der Waals surface area contributed by atoms with Gasteiger partial charge in [0.1, 0.15) is 17.7 Å². The van der Waals surface area contributed by atoms with E-state index in [0.29, 0.717) is 18.5 Å². The van der Waals surface area contributed by atoms with E-state index < -0.39 is 42.0 Å². The molecule has 0 aliphatic rings. The van der Waals surface area contributed by atoms with Gasteiger partial charge in [0.15, 0.2) is 0 Å². The number of carbonyl (C=O) groups excluding carboxylic acids is 4. The van der Waals surface area contributed by atoms with Crippen LogP contribution in [-0.2, 0) is 19.1 Å². The minimum atomic E-state index is -1.29. The second-order valence-corrected chi connectivity index (χ2v) is 10.0. The van der Waals surface area contributed by atoms with E-state index in [1.807, 2.05) is 26.0 Å². The standard InChI is InChI=1S/C28H44N4O5/c1-7-10-12-17-32(26(35)22(19-23(29)33)31-27(36)37-28(4,5)6)24(25(34)30-16-11-8-2)21-15-13-14-20(9-3)18-21/h9,13-15,18,22,24H,3,7-8,10-12,16-17,19H2,1-2,4-6H3,(H2,29,33)(H,30,34)(H,31,36). The molecule has 4 amide bonds. The second-order valence-electron chi connectivity index (χ2n) is 10.0. The molecule has 0 aliphatic carbocycles. The summed E-state index contributed by atoms with van der Waals surface area (Å²) in [6.07, 6.45) is 4.45. The van der Waals surface area contributed by atoms with Crippen molar-refractivity contribution in [2.75, 3.05) is 13.1 Å². The maximum atomic E-state index is 13.9. The smallest absolute Gasteiger partial charge is 0.408 e. The highest BCUT2D eigenvalue weighted by molar-refractivity contribution is 5.94. The number of nitrogens with one attached hydrogen (secondary N) is 2. The van der Waals surface area contributed by atoms with Crippen molar-refractivity contribution in [2.24, 2.45) is 5.73 Å². The summed E-state index contributed by atoms with van der Waals surface area (Å²) in [5.74, 6) is -1.68. The molecule has 1 rings (SSSR count). The Balaban J connectivity index is 3.50. The third-order valence-electron chi connectivity index (χ3n) is 5.53. The van der Waals surface area contributed by atoms with Crippen molar-refractivity contribution < 1.29 is 23.9 Å². The average Bonchev–Trinajstić information content (AvgIpc) is 2.81. The molecule has 0 radical (unpaired) electrons. The average molecular weight is 517 g/mol. The van der Waals surface area contributed by atoms with Gasteiger partial charge in [-0.1, -0.05) is 64.0 Å². The molecule has 1 aromatic carbocycles. The van der Waals surface area contributed by atoms with E-state index in [1.165, 1.54) is 4.90 Å². The van der Waals surface area contributed by atoms with Gasteiger partial charge in [-0.15, -0.1) is 0 Å². The number of hydrogen-bond acceptors (Lipinski definition) is 5. The van der Waals surface area contributed by atoms with Crippen LogP contribution in [0.15, 0.2) is 30.8 Å². The first-order valence-corrected chi connectivity index (χ1v) is 13.0. The molecule has 9 heteroatoms. The molecule has 0 saturated carbocycles. The Kier molecular flexibility index (Phi) is 13.4. The molecule has 1 aromatic rings. The zero-order valence-electron chi connectivity index (χ0n) is 23.0. The zero-order valence-corrected chi connectivity index (χ0v) is 23.0. The first-order chi connectivity index (χ1) is 17.4. The molecule has 2 atom stereocenters. The topological polar surface area (TPSA) is 131 Å². The first kappa shape index (κ1) is 31.7. The Hall–Kier alpha value is -3.36. The van der Waals surface area contributed by atoms with Gasteiger partial charge in [0.05, 0.1) is 6.42 Å². The number of alkyl carbamates (subject to hydrolysis) is 1. The monoisotopic (exact) mass is 516 g/mol. The van der Waals surface area contributed by atoms with E-state index in [9.17, 15) is 19.2 Å². The van der Waals surface area contributed by atoms with Gasteiger partial charge in [-0.2, -0.15) is 0 Å². The van der Waals surface area contributed by atoms with Crippen molar-refractivity contribution in [2.45, 2.75) is 90.8 Å². The molecule has 0 heterocycles. The summed E-state index contributed by atoms with van der Waals surface area (Å²) < 4.78 is 5.30. The first-order valence-electron chi connectivity index (χ1n) is 13.0. The molecule has 37 heavy (non-hydrogen) atoms. The van der Waals surface area contributed by atoms with Crippen LogP contribution in [0.1, 0.15) is 90.3 Å². The van der Waals surface area contributed by atoms with Gasteiger partial charge in [-0.25, -0.2) is 4.79 Å². The maximum Gasteiger partial charge on any atom is 0.408 e. The second kappa shape index (κ2) is 15.7. The Morgan fingerprint density at radius 1 is 1.11 bits per heavy atom. The summed E-state index contributed by atoms with van der Waals surface area (Å²) in [6, 6.07) is 4.97. The van der Waals surface area contributed by atoms with E-state index >= 15 is 0 Å². The molecular weight excluding hydrogens is 472 g/mol. The summed E-state index contributed by atoms with van der Waals surface area (Å²) in [5, 5.41) is 5.43. The lowest BCUT2D eigenvalue weighted by molar-refractivity contribution is -0.143. The number of unbranched alkanes of at least 4 members (excludes halogenated alkanes) is 3. The summed E-state index contributed by atoms with van der Waals surface area (Å²) in [7, 11) is 0. The van der Waals surface area contributed by atoms with Gasteiger partial charge >= 0.3 is 6.09 Å². The molecule has 0 aromatic heterocycles. The SMILES string of the molecule is C=Cc1cccc(C(C(=O)NCCCC)N(CCCCC)C(=O)C(CC(N)=O)NC(=O)OC(C)(C)C)c1. The van der Waals surface area contributed by atoms with Crippen LogP contribution in [0, 0.1) is 0 Å². The number of benzene rings is 1. The van der Waals surface area contributed by atoms with E-state index in [-0.39, 0.29) is 12.5 Å². The maximum absolute atomic E-state index is 13.9. The van der Waals surface area contributed by atoms with E-state index in [1.54, 1.807) is 39.0 Å². The fourth-order valence-electron chi connectivity index (χ4n) is 3.76. The number of carbonyl (C=O) groups is 4. The van der Waals surface area contributed by atoms with Crippen molar-refractivity contribution in [1.29, 1.82) is 0 Å². The van der Waals surface area contributed by atoms with Crippen molar-refractivity contribution >= 4 is 29.9 Å². The Labute approximate surface area is 221 Å². The van der Waals surface area contributed by atoms with Crippen LogP contribution in [0.25, 0.3) is 6.08 Å². The highest BCUT2D eigenvalue weighted by Gasteiger charge is 2.36. The number of ether oxygens (including phenoxy) is 1. The quantitative estimate of drug-likeness (QED) is 0.302. The highest BCUT2D eigenvalue weighted by Crippen LogP contribution is 2.25. The minimum Gasteiger partial charge on any atom is -0.444 e. The van der Waals surface area contributed by atoms with Crippen molar-refractivity contribution in [3.05, 3.63) is 42.0 Å². The third kappa shape index (κ3) is 11.5. The zero-order chi connectivity index (χ0) is 28.0. The predicted octanol–water partition coefficient (Wildman–Crippen LogP) is 4.07. The largest absolute Gasteiger partial charge is 0.444 e. The number of rotatable bonds is 15. The Morgan fingerprint density at radius 3 is 2.35 bits per heavy atom. The molecule has 0 fully saturated rings. The van der Waals surface area contributed by atoms with Crippen LogP contribution in [0.3, 0.4) is 0 Å². The minimum absolute atomic E-state index is 0.252. The highest BCUT2D eigenvalue weighted by atomic mass is 16.6. The molecule has 4 N–H and O–H groups in total. The fourth-order valence-corrected chi connectivity index (χ4v) is 3.76. The Morgan fingerprint density at radius 2 is 1.78 bits per heavy atom. The van der Waals surface area contributed by atoms with Crippen LogP contribution < -0.4 is 16.4 Å². The molecule has 0 spiro atoms. The van der Waals surface area contributed by atoms with Crippen molar-refractivity contribution in [1.82, 2.24) is 15.5 Å². The molecule has 0 aliphatic heterocycles. The molecular formula is C28H44N4O5. The number of nitrogens with two attached hydrogens (primary N) is 1. The van der Waals surface area contributed by atoms with E-state index in [2.05, 4.69) is 17.2 Å². The normalized spacial score (nSPS) is 12.7. The van der Waals surface area contributed by atoms with Gasteiger partial charge < -0.3 is 26.0 Å². The summed E-state index contributed by atoms with van der Waals surface area (Å²) >= 11 is 0. The van der Waals surface area contributed by atoms with Crippen molar-refractivity contribution in [3.8, 4) is 0 Å². The number of primary amides is 1. The molecule has 0 saturated heterocycles. The van der Waals surface area contributed by atoms with E-state index in [4.69, 9.17) is 10.5 Å². The van der Waals surface area contributed by atoms with Gasteiger partial charge in [0, 0.05) is 13.1 Å². The molecule has 0 bridgehead atoms. The van der Waals surface area contributed by atoms with Crippen LogP contribution in [-0.4, -0.2) is 53.4 Å². The van der Waals surface area contributed by atoms with Gasteiger partial charge in [0.25, 0.3) is 0 Å². The lowest BCUT2D eigenvalue weighted by Crippen LogP contribution is -2.54. The van der Waals surface area contributed by atoms with Crippen LogP contribution >= 0.6 is 0 Å². The lowest BCUT2D eigenvalue weighted by Gasteiger charge is -2.34. The van der Waals surface area contributed by atoms with Gasteiger partial charge in [-0.3, -0.25) is 14.4 Å². The van der Waals surface area contributed by atoms with Gasteiger partial charge in [-0.05, 0) is 50.8 Å². The number of hydrogen-bond donors (Lipinski definition) is 3. The summed E-state index contributed by atoms with van der Waals surface area (Å²) in [6.45, 7) is 13.7. The van der Waals surface area contributed by atoms with Crippen molar-refractivity contribution in [3.63, 3.8) is 0 Å². The van der Waals surface area contributed by atoms with E-state index in [0.717, 1.165) is 31.2 Å². The molecule has 9 nitrogen and oxygen atoms in total.